The largest absolute Gasteiger partial charge is 0.350 e. The summed E-state index contributed by atoms with van der Waals surface area (Å²) in [5.41, 5.74) is 0. The lowest BCUT2D eigenvalue weighted by Gasteiger charge is -2.26. The minimum atomic E-state index is -0.333. The third kappa shape index (κ3) is 2.87. The van der Waals surface area contributed by atoms with Gasteiger partial charge in [0.1, 0.15) is 0 Å². The van der Waals surface area contributed by atoms with Crippen molar-refractivity contribution >= 4 is 17.4 Å². The molecule has 5 heteroatoms. The predicted molar refractivity (Wildman–Crippen MR) is 68.1 cm³/mol. The fraction of sp³-hybridized carbons (Fsp3) is 0.583. The van der Waals surface area contributed by atoms with Crippen LogP contribution in [0.15, 0.2) is 12.3 Å². The van der Waals surface area contributed by atoms with Crippen molar-refractivity contribution in [3.8, 4) is 0 Å². The van der Waals surface area contributed by atoms with E-state index in [4.69, 9.17) is 11.6 Å². The molecule has 1 aromatic rings. The van der Waals surface area contributed by atoms with Gasteiger partial charge in [-0.3, -0.25) is 0 Å². The van der Waals surface area contributed by atoms with Crippen LogP contribution >= 0.6 is 11.6 Å². The number of pyridine rings is 1. The number of nitrogens with one attached hydrogen (secondary N) is 1. The first-order valence-corrected chi connectivity index (χ1v) is 6.38. The number of likely N-dealkylation sites (N-methyl/N-ethyl adjacent to an activating group) is 1. The first kappa shape index (κ1) is 12.6. The Morgan fingerprint density at radius 1 is 1.65 bits per heavy atom. The van der Waals surface area contributed by atoms with Gasteiger partial charge in [0.05, 0.1) is 5.02 Å². The minimum absolute atomic E-state index is 0.332. The molecule has 1 aliphatic rings. The van der Waals surface area contributed by atoms with Gasteiger partial charge in [0.25, 0.3) is 0 Å². The van der Waals surface area contributed by atoms with Gasteiger partial charge in [0.2, 0.25) is 0 Å². The van der Waals surface area contributed by atoms with Crippen molar-refractivity contribution in [1.82, 2.24) is 10.3 Å². The summed E-state index contributed by atoms with van der Waals surface area (Å²) in [4.78, 5) is 6.15. The highest BCUT2D eigenvalue weighted by atomic mass is 35.5. The van der Waals surface area contributed by atoms with Crippen LogP contribution in [-0.2, 0) is 0 Å². The highest BCUT2D eigenvalue weighted by molar-refractivity contribution is 6.30. The predicted octanol–water partition coefficient (Wildman–Crippen LogP) is 2.45. The molecule has 0 amide bonds. The smallest absolute Gasteiger partial charge is 0.167 e. The second kappa shape index (κ2) is 5.65. The maximum Gasteiger partial charge on any atom is 0.167 e. The highest BCUT2D eigenvalue weighted by Crippen LogP contribution is 2.27. The Balaban J connectivity index is 2.14. The molecule has 0 aromatic carbocycles. The molecule has 1 atom stereocenters. The van der Waals surface area contributed by atoms with E-state index in [1.807, 2.05) is 4.90 Å². The first-order chi connectivity index (χ1) is 8.22. The van der Waals surface area contributed by atoms with Crippen LogP contribution in [0.1, 0.15) is 19.8 Å². The van der Waals surface area contributed by atoms with Crippen LogP contribution in [0.25, 0.3) is 0 Å². The molecule has 2 rings (SSSR count). The standard InChI is InChI=1S/C12H17ClFN3/c1-2-15-8-10-4-3-5-17(10)12-11(14)6-9(13)7-16-12/h6-7,10,15H,2-5,8H2,1H3. The molecule has 3 nitrogen and oxygen atoms in total. The Morgan fingerprint density at radius 3 is 3.18 bits per heavy atom. The molecular weight excluding hydrogens is 241 g/mol. The van der Waals surface area contributed by atoms with Crippen LogP contribution in [0.5, 0.6) is 0 Å². The van der Waals surface area contributed by atoms with Crippen molar-refractivity contribution < 1.29 is 4.39 Å². The molecule has 2 heterocycles. The van der Waals surface area contributed by atoms with Gasteiger partial charge in [-0.25, -0.2) is 9.37 Å². The van der Waals surface area contributed by atoms with Crippen LogP contribution in [0.2, 0.25) is 5.02 Å². The molecule has 1 fully saturated rings. The highest BCUT2D eigenvalue weighted by Gasteiger charge is 2.27. The molecule has 0 bridgehead atoms. The second-order valence-electron chi connectivity index (χ2n) is 4.26. The molecule has 1 aliphatic heterocycles. The van der Waals surface area contributed by atoms with Gasteiger partial charge in [-0.1, -0.05) is 18.5 Å². The van der Waals surface area contributed by atoms with E-state index >= 15 is 0 Å². The van der Waals surface area contributed by atoms with E-state index in [-0.39, 0.29) is 5.82 Å². The number of anilines is 1. The van der Waals surface area contributed by atoms with Gasteiger partial charge in [-0.15, -0.1) is 0 Å². The number of aromatic nitrogens is 1. The summed E-state index contributed by atoms with van der Waals surface area (Å²) in [7, 11) is 0. The molecule has 0 saturated carbocycles. The van der Waals surface area contributed by atoms with E-state index in [0.717, 1.165) is 32.5 Å². The summed E-state index contributed by atoms with van der Waals surface area (Å²) in [5.74, 6) is 0.0932. The average molecular weight is 258 g/mol. The molecular formula is C12H17ClFN3. The lowest BCUT2D eigenvalue weighted by Crippen LogP contribution is -2.38. The van der Waals surface area contributed by atoms with E-state index in [0.29, 0.717) is 16.9 Å². The Kier molecular flexibility index (Phi) is 4.18. The van der Waals surface area contributed by atoms with Gasteiger partial charge in [0.15, 0.2) is 11.6 Å². The van der Waals surface area contributed by atoms with Crippen molar-refractivity contribution in [2.75, 3.05) is 24.5 Å². The number of halogens is 2. The summed E-state index contributed by atoms with van der Waals surface area (Å²) in [6.07, 6.45) is 3.67. The monoisotopic (exact) mass is 257 g/mol. The maximum absolute atomic E-state index is 13.8. The quantitative estimate of drug-likeness (QED) is 0.898. The summed E-state index contributed by atoms with van der Waals surface area (Å²) < 4.78 is 13.8. The molecule has 0 aliphatic carbocycles. The van der Waals surface area contributed by atoms with Crippen molar-refractivity contribution in [3.05, 3.63) is 23.1 Å². The van der Waals surface area contributed by atoms with Crippen molar-refractivity contribution in [2.45, 2.75) is 25.8 Å². The van der Waals surface area contributed by atoms with Crippen molar-refractivity contribution in [1.29, 1.82) is 0 Å². The Bertz CT molecular complexity index is 386. The average Bonchev–Trinajstić information content (AvgIpc) is 2.74. The molecule has 17 heavy (non-hydrogen) atoms. The topological polar surface area (TPSA) is 28.2 Å². The van der Waals surface area contributed by atoms with Crippen molar-refractivity contribution in [3.63, 3.8) is 0 Å². The third-order valence-corrected chi connectivity index (χ3v) is 3.27. The third-order valence-electron chi connectivity index (χ3n) is 3.07. The van der Waals surface area contributed by atoms with E-state index in [2.05, 4.69) is 17.2 Å². The zero-order valence-electron chi connectivity index (χ0n) is 9.92. The van der Waals surface area contributed by atoms with Crippen LogP contribution < -0.4 is 10.2 Å². The van der Waals surface area contributed by atoms with Crippen LogP contribution in [0, 0.1) is 5.82 Å². The van der Waals surface area contributed by atoms with Crippen molar-refractivity contribution in [2.24, 2.45) is 0 Å². The Hall–Kier alpha value is -0.870. The zero-order chi connectivity index (χ0) is 12.3. The van der Waals surface area contributed by atoms with E-state index in [1.165, 1.54) is 12.3 Å². The fourth-order valence-corrected chi connectivity index (χ4v) is 2.40. The van der Waals surface area contributed by atoms with Gasteiger partial charge in [0, 0.05) is 25.3 Å². The zero-order valence-corrected chi connectivity index (χ0v) is 10.7. The molecule has 1 unspecified atom stereocenters. The normalized spacial score (nSPS) is 19.9. The molecule has 0 spiro atoms. The lowest BCUT2D eigenvalue weighted by molar-refractivity contribution is 0.564. The van der Waals surface area contributed by atoms with Gasteiger partial charge in [-0.05, 0) is 25.5 Å². The molecule has 0 radical (unpaired) electrons. The number of rotatable bonds is 4. The Labute approximate surface area is 106 Å². The molecule has 94 valence electrons. The number of nitrogens with zero attached hydrogens (tertiary/aromatic N) is 2. The van der Waals surface area contributed by atoms with Crippen LogP contribution in [-0.4, -0.2) is 30.7 Å². The first-order valence-electron chi connectivity index (χ1n) is 6.00. The number of hydrogen-bond donors (Lipinski definition) is 1. The van der Waals surface area contributed by atoms with Crippen LogP contribution in [0.4, 0.5) is 10.2 Å². The molecule has 1 N–H and O–H groups in total. The summed E-state index contributed by atoms with van der Waals surface area (Å²) in [6.45, 7) is 4.74. The van der Waals surface area contributed by atoms with E-state index < -0.39 is 0 Å². The molecule has 1 aromatic heterocycles. The second-order valence-corrected chi connectivity index (χ2v) is 4.69. The minimum Gasteiger partial charge on any atom is -0.350 e. The Morgan fingerprint density at radius 2 is 2.47 bits per heavy atom. The van der Waals surface area contributed by atoms with Gasteiger partial charge < -0.3 is 10.2 Å². The fourth-order valence-electron chi connectivity index (χ4n) is 2.26. The summed E-state index contributed by atoms with van der Waals surface area (Å²) in [5, 5.41) is 3.64. The summed E-state index contributed by atoms with van der Waals surface area (Å²) in [6, 6.07) is 1.66. The SMILES string of the molecule is CCNCC1CCCN1c1ncc(Cl)cc1F. The van der Waals surface area contributed by atoms with Crippen LogP contribution in [0.3, 0.4) is 0 Å². The van der Waals surface area contributed by atoms with E-state index in [1.54, 1.807) is 0 Å². The maximum atomic E-state index is 13.8. The van der Waals surface area contributed by atoms with E-state index in [9.17, 15) is 4.39 Å². The lowest BCUT2D eigenvalue weighted by atomic mass is 10.2. The van der Waals surface area contributed by atoms with Gasteiger partial charge >= 0.3 is 0 Å². The molecule has 1 saturated heterocycles. The summed E-state index contributed by atoms with van der Waals surface area (Å²) >= 11 is 5.71. The number of hydrogen-bond acceptors (Lipinski definition) is 3. The van der Waals surface area contributed by atoms with Gasteiger partial charge in [-0.2, -0.15) is 0 Å².